The van der Waals surface area contributed by atoms with Crippen molar-refractivity contribution in [2.24, 2.45) is 0 Å². The smallest absolute Gasteiger partial charge is 0.247 e. The highest BCUT2D eigenvalue weighted by Gasteiger charge is 2.19. The number of amides is 1. The Morgan fingerprint density at radius 3 is 2.48 bits per heavy atom. The van der Waals surface area contributed by atoms with Gasteiger partial charge in [0, 0.05) is 12.6 Å². The fourth-order valence-corrected chi connectivity index (χ4v) is 2.64. The summed E-state index contributed by atoms with van der Waals surface area (Å²) < 4.78 is 33.1. The van der Waals surface area contributed by atoms with Crippen molar-refractivity contribution in [3.63, 3.8) is 0 Å². The van der Waals surface area contributed by atoms with Crippen molar-refractivity contribution in [1.82, 2.24) is 9.97 Å². The van der Waals surface area contributed by atoms with E-state index in [0.717, 1.165) is 12.1 Å². The Kier molecular flexibility index (Phi) is 6.61. The Morgan fingerprint density at radius 1 is 1.16 bits per heavy atom. The van der Waals surface area contributed by atoms with Crippen molar-refractivity contribution in [1.29, 1.82) is 0 Å². The second kappa shape index (κ2) is 9.53. The third-order valence-corrected chi connectivity index (χ3v) is 4.19. The van der Waals surface area contributed by atoms with Gasteiger partial charge in [-0.25, -0.2) is 18.7 Å². The number of methoxy groups -OCH3 is 1. The van der Waals surface area contributed by atoms with Crippen LogP contribution in [0.1, 0.15) is 5.56 Å². The van der Waals surface area contributed by atoms with E-state index in [1.165, 1.54) is 19.5 Å². The van der Waals surface area contributed by atoms with Gasteiger partial charge in [0.1, 0.15) is 11.6 Å². The minimum atomic E-state index is -1.09. The number of phenolic OH excluding ortho intramolecular Hbond substituents is 1. The number of carbonyl (C=O) groups is 1. The minimum absolute atomic E-state index is 0.250. The number of nitrogens with zero attached hydrogens (tertiary/aromatic N) is 2. The van der Waals surface area contributed by atoms with Crippen LogP contribution in [-0.2, 0) is 11.3 Å². The van der Waals surface area contributed by atoms with E-state index in [1.807, 2.05) is 0 Å². The number of halogens is 2. The number of rotatable bonds is 8. The molecule has 0 aliphatic carbocycles. The highest BCUT2D eigenvalue weighted by Crippen LogP contribution is 2.31. The maximum absolute atomic E-state index is 14.3. The Hall–Kier alpha value is -4.21. The molecule has 10 heteroatoms. The molecule has 0 bridgehead atoms. The van der Waals surface area contributed by atoms with E-state index in [2.05, 4.69) is 32.5 Å². The van der Waals surface area contributed by atoms with Crippen molar-refractivity contribution in [3.05, 3.63) is 72.6 Å². The van der Waals surface area contributed by atoms with Gasteiger partial charge in [-0.2, -0.15) is 0 Å². The first kappa shape index (κ1) is 21.5. The molecule has 0 spiro atoms. The summed E-state index contributed by atoms with van der Waals surface area (Å²) in [7, 11) is 1.21. The average Bonchev–Trinajstić information content (AvgIpc) is 2.78. The Labute approximate surface area is 176 Å². The molecule has 3 rings (SSSR count). The molecule has 1 amide bonds. The van der Waals surface area contributed by atoms with Crippen LogP contribution in [0.3, 0.4) is 0 Å². The van der Waals surface area contributed by atoms with Crippen LogP contribution in [-0.4, -0.2) is 28.1 Å². The molecule has 8 nitrogen and oxygen atoms in total. The lowest BCUT2D eigenvalue weighted by Gasteiger charge is -2.13. The minimum Gasteiger partial charge on any atom is -0.505 e. The first-order chi connectivity index (χ1) is 14.9. The standard InChI is InChI=1S/C21H19F2N5O3/c1-3-19(30)28-14-7-5-4-6-13(14)27-18-11-25-17(10-26-18)24-9-12-20(22)15(29)8-16(31-2)21(12)23/h3-8,10-11,29H,1,9H2,2H3,(H,24,25)(H,26,27)(H,28,30). The molecule has 0 radical (unpaired) electrons. The number of phenols is 1. The number of para-hydroxylation sites is 2. The zero-order chi connectivity index (χ0) is 22.4. The lowest BCUT2D eigenvalue weighted by Crippen LogP contribution is -2.10. The molecule has 0 saturated carbocycles. The molecule has 4 N–H and O–H groups in total. The molecule has 0 unspecified atom stereocenters. The molecule has 0 atom stereocenters. The molecule has 1 aromatic heterocycles. The van der Waals surface area contributed by atoms with Gasteiger partial charge in [-0.1, -0.05) is 18.7 Å². The van der Waals surface area contributed by atoms with E-state index < -0.39 is 22.9 Å². The van der Waals surface area contributed by atoms with Gasteiger partial charge in [0.2, 0.25) is 5.91 Å². The molecule has 0 saturated heterocycles. The molecule has 0 aliphatic rings. The van der Waals surface area contributed by atoms with Crippen molar-refractivity contribution in [3.8, 4) is 11.5 Å². The highest BCUT2D eigenvalue weighted by atomic mass is 19.1. The fourth-order valence-electron chi connectivity index (χ4n) is 2.64. The molecular weight excluding hydrogens is 408 g/mol. The van der Waals surface area contributed by atoms with Crippen LogP contribution in [0.2, 0.25) is 0 Å². The van der Waals surface area contributed by atoms with Gasteiger partial charge >= 0.3 is 0 Å². The second-order valence-corrected chi connectivity index (χ2v) is 6.21. The topological polar surface area (TPSA) is 108 Å². The molecule has 160 valence electrons. The number of ether oxygens (including phenoxy) is 1. The molecule has 3 aromatic rings. The van der Waals surface area contributed by atoms with Crippen LogP contribution in [0.4, 0.5) is 31.8 Å². The summed E-state index contributed by atoms with van der Waals surface area (Å²) in [5.74, 6) is -2.73. The summed E-state index contributed by atoms with van der Waals surface area (Å²) in [6, 6.07) is 7.86. The Morgan fingerprint density at radius 2 is 1.84 bits per heavy atom. The van der Waals surface area contributed by atoms with Gasteiger partial charge in [-0.15, -0.1) is 0 Å². The Balaban J connectivity index is 1.71. The number of anilines is 4. The first-order valence-electron chi connectivity index (χ1n) is 9.02. The number of hydrogen-bond donors (Lipinski definition) is 4. The van der Waals surface area contributed by atoms with Gasteiger partial charge < -0.3 is 25.8 Å². The lowest BCUT2D eigenvalue weighted by atomic mass is 10.1. The van der Waals surface area contributed by atoms with E-state index in [-0.39, 0.29) is 24.0 Å². The van der Waals surface area contributed by atoms with Gasteiger partial charge in [0.25, 0.3) is 0 Å². The largest absolute Gasteiger partial charge is 0.505 e. The SMILES string of the molecule is C=CC(=O)Nc1ccccc1Nc1cnc(NCc2c(F)c(O)cc(OC)c2F)cn1. The maximum Gasteiger partial charge on any atom is 0.247 e. The first-order valence-corrected chi connectivity index (χ1v) is 9.02. The molecule has 31 heavy (non-hydrogen) atoms. The number of hydrogen-bond acceptors (Lipinski definition) is 7. The molecule has 0 fully saturated rings. The highest BCUT2D eigenvalue weighted by molar-refractivity contribution is 6.01. The van der Waals surface area contributed by atoms with E-state index in [0.29, 0.717) is 17.2 Å². The van der Waals surface area contributed by atoms with Crippen molar-refractivity contribution >= 4 is 28.9 Å². The van der Waals surface area contributed by atoms with Crippen molar-refractivity contribution < 1.29 is 23.4 Å². The quantitative estimate of drug-likeness (QED) is 0.403. The summed E-state index contributed by atoms with van der Waals surface area (Å²) in [6.07, 6.45) is 3.93. The lowest BCUT2D eigenvalue weighted by molar-refractivity contribution is -0.111. The van der Waals surface area contributed by atoms with Crippen LogP contribution >= 0.6 is 0 Å². The summed E-state index contributed by atoms with van der Waals surface area (Å²) in [4.78, 5) is 19.9. The normalized spacial score (nSPS) is 10.3. The average molecular weight is 427 g/mol. The van der Waals surface area contributed by atoms with Crippen molar-refractivity contribution in [2.75, 3.05) is 23.1 Å². The van der Waals surface area contributed by atoms with Gasteiger partial charge in [0.05, 0.1) is 36.4 Å². The van der Waals surface area contributed by atoms with Crippen LogP contribution in [0.25, 0.3) is 0 Å². The summed E-state index contributed by atoms with van der Waals surface area (Å²) in [5, 5.41) is 18.0. The van der Waals surface area contributed by atoms with Crippen LogP contribution < -0.4 is 20.7 Å². The summed E-state index contributed by atoms with van der Waals surface area (Å²) in [6.45, 7) is 3.12. The van der Waals surface area contributed by atoms with E-state index >= 15 is 0 Å². The summed E-state index contributed by atoms with van der Waals surface area (Å²) in [5.41, 5.74) is 0.719. The van der Waals surface area contributed by atoms with Gasteiger partial charge in [-0.05, 0) is 18.2 Å². The van der Waals surface area contributed by atoms with Crippen molar-refractivity contribution in [2.45, 2.75) is 6.54 Å². The Bertz CT molecular complexity index is 1110. The van der Waals surface area contributed by atoms with E-state index in [9.17, 15) is 18.7 Å². The van der Waals surface area contributed by atoms with Crippen LogP contribution in [0.5, 0.6) is 11.5 Å². The number of benzene rings is 2. The number of aromatic nitrogens is 2. The molecular formula is C21H19F2N5O3. The number of carbonyl (C=O) groups excluding carboxylic acids is 1. The molecule has 1 heterocycles. The zero-order valence-electron chi connectivity index (χ0n) is 16.4. The van der Waals surface area contributed by atoms with Gasteiger partial charge in [0.15, 0.2) is 23.1 Å². The predicted molar refractivity (Wildman–Crippen MR) is 112 cm³/mol. The van der Waals surface area contributed by atoms with Gasteiger partial charge in [-0.3, -0.25) is 4.79 Å². The van der Waals surface area contributed by atoms with E-state index in [1.54, 1.807) is 24.3 Å². The number of nitrogens with one attached hydrogen (secondary N) is 3. The monoisotopic (exact) mass is 427 g/mol. The van der Waals surface area contributed by atoms with E-state index in [4.69, 9.17) is 4.74 Å². The third kappa shape index (κ3) is 5.04. The maximum atomic E-state index is 14.3. The fraction of sp³-hybridized carbons (Fsp3) is 0.0952. The summed E-state index contributed by atoms with van der Waals surface area (Å²) >= 11 is 0. The molecule has 0 aliphatic heterocycles. The van der Waals surface area contributed by atoms with Crippen LogP contribution in [0, 0.1) is 11.6 Å². The van der Waals surface area contributed by atoms with Crippen LogP contribution in [0.15, 0.2) is 55.4 Å². The number of aromatic hydroxyl groups is 1. The molecule has 2 aromatic carbocycles. The third-order valence-electron chi connectivity index (χ3n) is 4.19. The second-order valence-electron chi connectivity index (χ2n) is 6.21. The zero-order valence-corrected chi connectivity index (χ0v) is 16.4. The predicted octanol–water partition coefficient (Wildman–Crippen LogP) is 3.95.